The van der Waals surface area contributed by atoms with Crippen molar-refractivity contribution in [1.82, 2.24) is 4.90 Å². The number of likely N-dealkylation sites (tertiary alicyclic amines) is 1. The molecule has 5 heteroatoms. The van der Waals surface area contributed by atoms with Gasteiger partial charge < -0.3 is 10.6 Å². The molecule has 2 aliphatic heterocycles. The maximum Gasteiger partial charge on any atom is 0.196 e. The van der Waals surface area contributed by atoms with Crippen molar-refractivity contribution in [2.75, 3.05) is 18.0 Å². The fraction of sp³-hybridized carbons (Fsp3) is 0.562. The van der Waals surface area contributed by atoms with E-state index in [9.17, 15) is 0 Å². The molecule has 0 radical (unpaired) electrons. The van der Waals surface area contributed by atoms with Crippen molar-refractivity contribution >= 4 is 27.6 Å². The third-order valence-electron chi connectivity index (χ3n) is 5.07. The Labute approximate surface area is 134 Å². The number of nitrogens with two attached hydrogens (primary N) is 1. The molecule has 2 unspecified atom stereocenters. The van der Waals surface area contributed by atoms with Crippen LogP contribution in [0, 0.1) is 0 Å². The molecule has 2 fully saturated rings. The molecule has 1 aromatic rings. The molecule has 21 heavy (non-hydrogen) atoms. The summed E-state index contributed by atoms with van der Waals surface area (Å²) in [7, 11) is 0. The molecule has 4 rings (SSSR count). The summed E-state index contributed by atoms with van der Waals surface area (Å²) >= 11 is 3.67. The molecule has 1 aliphatic carbocycles. The zero-order chi connectivity index (χ0) is 14.6. The second kappa shape index (κ2) is 4.71. The molecule has 1 spiro atoms. The number of benzene rings is 1. The number of halogens is 1. The fourth-order valence-corrected chi connectivity index (χ4v) is 4.49. The van der Waals surface area contributed by atoms with Gasteiger partial charge in [-0.3, -0.25) is 9.89 Å². The van der Waals surface area contributed by atoms with Crippen LogP contribution >= 0.6 is 15.9 Å². The highest BCUT2D eigenvalue weighted by Crippen LogP contribution is 2.44. The van der Waals surface area contributed by atoms with Crippen LogP contribution in [-0.2, 0) is 0 Å². The number of nitrogens with zero attached hydrogens (tertiary/aromatic N) is 3. The Bertz CT molecular complexity index is 598. The lowest BCUT2D eigenvalue weighted by atomic mass is 9.94. The fourth-order valence-electron chi connectivity index (χ4n) is 4.02. The van der Waals surface area contributed by atoms with E-state index in [0.717, 1.165) is 35.7 Å². The predicted molar refractivity (Wildman–Crippen MR) is 89.6 cm³/mol. The van der Waals surface area contributed by atoms with Crippen molar-refractivity contribution in [2.45, 2.75) is 43.8 Å². The molecule has 1 saturated heterocycles. The molecule has 1 saturated carbocycles. The minimum Gasteiger partial charge on any atom is -0.369 e. The monoisotopic (exact) mass is 348 g/mol. The van der Waals surface area contributed by atoms with Crippen LogP contribution in [0.25, 0.3) is 0 Å². The van der Waals surface area contributed by atoms with Crippen LogP contribution in [0.4, 0.5) is 5.69 Å². The van der Waals surface area contributed by atoms with Gasteiger partial charge in [0.05, 0.1) is 17.8 Å². The summed E-state index contributed by atoms with van der Waals surface area (Å²) in [5.74, 6) is 0.659. The molecule has 3 aliphatic rings. The lowest BCUT2D eigenvalue weighted by Gasteiger charge is -2.36. The normalized spacial score (nSPS) is 33.0. The van der Waals surface area contributed by atoms with Gasteiger partial charge in [0.15, 0.2) is 5.96 Å². The van der Waals surface area contributed by atoms with Gasteiger partial charge in [0, 0.05) is 23.1 Å². The Morgan fingerprint density at radius 1 is 1.33 bits per heavy atom. The molecule has 2 atom stereocenters. The van der Waals surface area contributed by atoms with Crippen LogP contribution in [-0.4, -0.2) is 41.6 Å². The molecule has 112 valence electrons. The molecular weight excluding hydrogens is 328 g/mol. The van der Waals surface area contributed by atoms with E-state index in [1.807, 2.05) is 6.07 Å². The highest BCUT2D eigenvalue weighted by Gasteiger charge is 2.53. The molecular formula is C16H21BrN4. The topological polar surface area (TPSA) is 44.9 Å². The Kier molecular flexibility index (Phi) is 3.05. The van der Waals surface area contributed by atoms with Crippen LogP contribution in [0.3, 0.4) is 0 Å². The quantitative estimate of drug-likeness (QED) is 0.893. The maximum atomic E-state index is 6.25. The van der Waals surface area contributed by atoms with Crippen molar-refractivity contribution < 1.29 is 0 Å². The lowest BCUT2D eigenvalue weighted by molar-refractivity contribution is 0.251. The average molecular weight is 349 g/mol. The number of aliphatic imine (C=N–C) groups is 1. The molecule has 1 aromatic carbocycles. The van der Waals surface area contributed by atoms with Gasteiger partial charge in [-0.2, -0.15) is 0 Å². The van der Waals surface area contributed by atoms with E-state index < -0.39 is 0 Å². The van der Waals surface area contributed by atoms with E-state index >= 15 is 0 Å². The Morgan fingerprint density at radius 2 is 2.10 bits per heavy atom. The zero-order valence-corrected chi connectivity index (χ0v) is 13.9. The summed E-state index contributed by atoms with van der Waals surface area (Å²) in [6, 6.07) is 9.72. The summed E-state index contributed by atoms with van der Waals surface area (Å²) < 4.78 is 1.09. The van der Waals surface area contributed by atoms with Crippen LogP contribution in [0.1, 0.15) is 26.2 Å². The molecule has 4 nitrogen and oxygen atoms in total. The number of guanidine groups is 1. The third-order valence-corrected chi connectivity index (χ3v) is 5.74. The predicted octanol–water partition coefficient (Wildman–Crippen LogP) is 2.58. The largest absolute Gasteiger partial charge is 0.369 e. The first-order valence-corrected chi connectivity index (χ1v) is 8.50. The smallest absolute Gasteiger partial charge is 0.196 e. The van der Waals surface area contributed by atoms with E-state index in [1.165, 1.54) is 12.8 Å². The first-order valence-electron chi connectivity index (χ1n) is 7.71. The van der Waals surface area contributed by atoms with Gasteiger partial charge in [-0.1, -0.05) is 12.1 Å². The zero-order valence-electron chi connectivity index (χ0n) is 12.3. The second-order valence-electron chi connectivity index (χ2n) is 6.64. The van der Waals surface area contributed by atoms with Crippen molar-refractivity contribution in [3.8, 4) is 0 Å². The van der Waals surface area contributed by atoms with Crippen molar-refractivity contribution in [3.63, 3.8) is 0 Å². The van der Waals surface area contributed by atoms with Gasteiger partial charge in [0.2, 0.25) is 0 Å². The van der Waals surface area contributed by atoms with Gasteiger partial charge in [-0.25, -0.2) is 0 Å². The first kappa shape index (κ1) is 13.6. The van der Waals surface area contributed by atoms with E-state index in [0.29, 0.717) is 12.0 Å². The number of anilines is 1. The van der Waals surface area contributed by atoms with Crippen LogP contribution in [0.15, 0.2) is 33.7 Å². The van der Waals surface area contributed by atoms with Gasteiger partial charge in [-0.15, -0.1) is 0 Å². The third kappa shape index (κ3) is 2.09. The molecule has 0 bridgehead atoms. The SMILES string of the molecule is CC1CC2(CN=C(N)N2c2ccccc2Br)CN1C1CC1. The minimum atomic E-state index is 0.0377. The Balaban J connectivity index is 1.71. The summed E-state index contributed by atoms with van der Waals surface area (Å²) in [6.45, 7) is 4.23. The van der Waals surface area contributed by atoms with Gasteiger partial charge in [0.25, 0.3) is 0 Å². The summed E-state index contributed by atoms with van der Waals surface area (Å²) in [6.07, 6.45) is 3.84. The first-order chi connectivity index (χ1) is 10.1. The maximum absolute atomic E-state index is 6.25. The van der Waals surface area contributed by atoms with Gasteiger partial charge in [-0.05, 0) is 54.2 Å². The summed E-state index contributed by atoms with van der Waals surface area (Å²) in [5.41, 5.74) is 7.43. The minimum absolute atomic E-state index is 0.0377. The Morgan fingerprint density at radius 3 is 2.81 bits per heavy atom. The molecule has 2 N–H and O–H groups in total. The van der Waals surface area contributed by atoms with Gasteiger partial charge in [0.1, 0.15) is 0 Å². The molecule has 2 heterocycles. The van der Waals surface area contributed by atoms with Crippen molar-refractivity contribution in [1.29, 1.82) is 0 Å². The lowest BCUT2D eigenvalue weighted by Crippen LogP contribution is -2.54. The van der Waals surface area contributed by atoms with Crippen LogP contribution in [0.2, 0.25) is 0 Å². The average Bonchev–Trinajstić information content (AvgIpc) is 3.18. The van der Waals surface area contributed by atoms with Crippen LogP contribution in [0.5, 0.6) is 0 Å². The van der Waals surface area contributed by atoms with Crippen molar-refractivity contribution in [2.24, 2.45) is 10.7 Å². The highest BCUT2D eigenvalue weighted by atomic mass is 79.9. The van der Waals surface area contributed by atoms with Crippen LogP contribution < -0.4 is 10.6 Å². The summed E-state index contributed by atoms with van der Waals surface area (Å²) in [4.78, 5) is 9.53. The molecule has 0 amide bonds. The number of rotatable bonds is 2. The number of hydrogen-bond acceptors (Lipinski definition) is 4. The van der Waals surface area contributed by atoms with Crippen molar-refractivity contribution in [3.05, 3.63) is 28.7 Å². The number of hydrogen-bond donors (Lipinski definition) is 1. The number of para-hydroxylation sites is 1. The highest BCUT2D eigenvalue weighted by molar-refractivity contribution is 9.10. The van der Waals surface area contributed by atoms with E-state index in [2.05, 4.69) is 55.8 Å². The van der Waals surface area contributed by atoms with E-state index in [4.69, 9.17) is 5.73 Å². The Hall–Kier alpha value is -1.07. The molecule has 0 aromatic heterocycles. The van der Waals surface area contributed by atoms with E-state index in [1.54, 1.807) is 0 Å². The van der Waals surface area contributed by atoms with E-state index in [-0.39, 0.29) is 5.54 Å². The second-order valence-corrected chi connectivity index (χ2v) is 7.50. The standard InChI is InChI=1S/C16H21BrN4/c1-11-8-16(10-20(11)12-6-7-12)9-19-15(18)21(16)14-5-3-2-4-13(14)17/h2-5,11-12H,6-10H2,1H3,(H2,18,19). The van der Waals surface area contributed by atoms with Gasteiger partial charge >= 0.3 is 0 Å². The summed E-state index contributed by atoms with van der Waals surface area (Å²) in [5, 5.41) is 0.